The maximum absolute atomic E-state index is 11.5. The highest BCUT2D eigenvalue weighted by atomic mass is 16.2. The van der Waals surface area contributed by atoms with E-state index in [1.54, 1.807) is 6.92 Å². The van der Waals surface area contributed by atoms with Crippen LogP contribution in [0.4, 0.5) is 11.4 Å². The van der Waals surface area contributed by atoms with Crippen molar-refractivity contribution in [3.63, 3.8) is 0 Å². The van der Waals surface area contributed by atoms with Crippen molar-refractivity contribution < 1.29 is 4.79 Å². The zero-order chi connectivity index (χ0) is 13.9. The second-order valence-corrected chi connectivity index (χ2v) is 5.10. The van der Waals surface area contributed by atoms with Crippen molar-refractivity contribution in [1.82, 2.24) is 0 Å². The Morgan fingerprint density at radius 1 is 1.20 bits per heavy atom. The summed E-state index contributed by atoms with van der Waals surface area (Å²) in [4.78, 5) is 13.4. The lowest BCUT2D eigenvalue weighted by atomic mass is 10.1. The first-order valence-electron chi connectivity index (χ1n) is 6.93. The Balaban J connectivity index is 1.72. The fourth-order valence-electron chi connectivity index (χ4n) is 2.64. The molecule has 0 aliphatic carbocycles. The van der Waals surface area contributed by atoms with E-state index in [1.807, 2.05) is 35.2 Å². The van der Waals surface area contributed by atoms with Gasteiger partial charge < -0.3 is 10.2 Å². The maximum atomic E-state index is 11.5. The highest BCUT2D eigenvalue weighted by molar-refractivity contribution is 5.94. The summed E-state index contributed by atoms with van der Waals surface area (Å²) in [5.41, 5.74) is 4.68. The SMILES string of the molecule is CC(=O)N1CCc2cc(NCc3ccccc3)ccc21. The number of rotatable bonds is 3. The largest absolute Gasteiger partial charge is 0.381 e. The molecule has 3 heteroatoms. The molecule has 0 saturated heterocycles. The van der Waals surface area contributed by atoms with Crippen LogP contribution in [0.2, 0.25) is 0 Å². The van der Waals surface area contributed by atoms with Gasteiger partial charge in [-0.2, -0.15) is 0 Å². The summed E-state index contributed by atoms with van der Waals surface area (Å²) >= 11 is 0. The van der Waals surface area contributed by atoms with Gasteiger partial charge in [0, 0.05) is 31.4 Å². The maximum Gasteiger partial charge on any atom is 0.223 e. The van der Waals surface area contributed by atoms with Crippen LogP contribution in [0, 0.1) is 0 Å². The third-order valence-corrected chi connectivity index (χ3v) is 3.69. The van der Waals surface area contributed by atoms with Crippen LogP contribution in [0.25, 0.3) is 0 Å². The van der Waals surface area contributed by atoms with Crippen LogP contribution in [0.1, 0.15) is 18.1 Å². The first-order chi connectivity index (χ1) is 9.74. The Hall–Kier alpha value is -2.29. The van der Waals surface area contributed by atoms with E-state index in [2.05, 4.69) is 23.5 Å². The number of hydrogen-bond donors (Lipinski definition) is 1. The fraction of sp³-hybridized carbons (Fsp3) is 0.235. The second-order valence-electron chi connectivity index (χ2n) is 5.10. The number of anilines is 2. The van der Waals surface area contributed by atoms with Crippen molar-refractivity contribution in [2.45, 2.75) is 19.9 Å². The van der Waals surface area contributed by atoms with E-state index in [4.69, 9.17) is 0 Å². The molecule has 0 fully saturated rings. The van der Waals surface area contributed by atoms with Gasteiger partial charge in [-0.15, -0.1) is 0 Å². The molecule has 0 aromatic heterocycles. The predicted octanol–water partition coefficient (Wildman–Crippen LogP) is 3.21. The Morgan fingerprint density at radius 3 is 2.75 bits per heavy atom. The summed E-state index contributed by atoms with van der Waals surface area (Å²) in [6.45, 7) is 3.24. The molecule has 0 unspecified atom stereocenters. The molecule has 102 valence electrons. The number of amides is 1. The topological polar surface area (TPSA) is 32.3 Å². The minimum atomic E-state index is 0.119. The number of nitrogens with zero attached hydrogens (tertiary/aromatic N) is 1. The van der Waals surface area contributed by atoms with Gasteiger partial charge in [-0.25, -0.2) is 0 Å². The van der Waals surface area contributed by atoms with E-state index in [1.165, 1.54) is 11.1 Å². The van der Waals surface area contributed by atoms with E-state index in [-0.39, 0.29) is 5.91 Å². The molecule has 2 aromatic carbocycles. The minimum absolute atomic E-state index is 0.119. The lowest BCUT2D eigenvalue weighted by Crippen LogP contribution is -2.25. The molecule has 2 aromatic rings. The summed E-state index contributed by atoms with van der Waals surface area (Å²) in [7, 11) is 0. The van der Waals surface area contributed by atoms with E-state index < -0.39 is 0 Å². The number of hydrogen-bond acceptors (Lipinski definition) is 2. The molecule has 1 aliphatic heterocycles. The Labute approximate surface area is 119 Å². The number of nitrogens with one attached hydrogen (secondary N) is 1. The monoisotopic (exact) mass is 266 g/mol. The second kappa shape index (κ2) is 5.37. The van der Waals surface area contributed by atoms with E-state index in [0.717, 1.165) is 30.9 Å². The molecule has 20 heavy (non-hydrogen) atoms. The zero-order valence-electron chi connectivity index (χ0n) is 11.6. The molecule has 1 heterocycles. The highest BCUT2D eigenvalue weighted by Crippen LogP contribution is 2.30. The number of carbonyl (C=O) groups excluding carboxylic acids is 1. The minimum Gasteiger partial charge on any atom is -0.381 e. The zero-order valence-corrected chi connectivity index (χ0v) is 11.6. The molecule has 3 rings (SSSR count). The quantitative estimate of drug-likeness (QED) is 0.925. The van der Waals surface area contributed by atoms with Crippen LogP contribution in [0.5, 0.6) is 0 Å². The van der Waals surface area contributed by atoms with Crippen LogP contribution < -0.4 is 10.2 Å². The Bertz CT molecular complexity index is 622. The molecule has 0 bridgehead atoms. The molecular formula is C17H18N2O. The van der Waals surface area contributed by atoms with Gasteiger partial charge in [0.25, 0.3) is 0 Å². The van der Waals surface area contributed by atoms with E-state index in [9.17, 15) is 4.79 Å². The summed E-state index contributed by atoms with van der Waals surface area (Å²) in [6, 6.07) is 16.6. The fourth-order valence-corrected chi connectivity index (χ4v) is 2.64. The molecule has 0 radical (unpaired) electrons. The summed E-state index contributed by atoms with van der Waals surface area (Å²) < 4.78 is 0. The first-order valence-corrected chi connectivity index (χ1v) is 6.93. The van der Waals surface area contributed by atoms with Crippen molar-refractivity contribution in [2.24, 2.45) is 0 Å². The van der Waals surface area contributed by atoms with Gasteiger partial charge in [0.2, 0.25) is 5.91 Å². The molecule has 0 spiro atoms. The number of fused-ring (bicyclic) bond motifs is 1. The van der Waals surface area contributed by atoms with Gasteiger partial charge in [-0.1, -0.05) is 30.3 Å². The molecule has 1 N–H and O–H groups in total. The standard InChI is InChI=1S/C17H18N2O/c1-13(20)19-10-9-15-11-16(7-8-17(15)19)18-12-14-5-3-2-4-6-14/h2-8,11,18H,9-10,12H2,1H3. The highest BCUT2D eigenvalue weighted by Gasteiger charge is 2.21. The van der Waals surface area contributed by atoms with Crippen molar-refractivity contribution >= 4 is 17.3 Å². The Kier molecular flexibility index (Phi) is 3.42. The van der Waals surface area contributed by atoms with Gasteiger partial charge >= 0.3 is 0 Å². The van der Waals surface area contributed by atoms with Crippen LogP contribution >= 0.6 is 0 Å². The van der Waals surface area contributed by atoms with Crippen LogP contribution in [-0.2, 0) is 17.8 Å². The number of carbonyl (C=O) groups is 1. The molecule has 0 atom stereocenters. The smallest absolute Gasteiger partial charge is 0.223 e. The average Bonchev–Trinajstić information content (AvgIpc) is 2.89. The van der Waals surface area contributed by atoms with Gasteiger partial charge in [0.1, 0.15) is 0 Å². The van der Waals surface area contributed by atoms with Crippen molar-refractivity contribution in [3.05, 3.63) is 59.7 Å². The van der Waals surface area contributed by atoms with Crippen molar-refractivity contribution in [1.29, 1.82) is 0 Å². The average molecular weight is 266 g/mol. The predicted molar refractivity (Wildman–Crippen MR) is 81.9 cm³/mol. The number of benzene rings is 2. The van der Waals surface area contributed by atoms with Gasteiger partial charge in [0.15, 0.2) is 0 Å². The normalized spacial score (nSPS) is 13.2. The van der Waals surface area contributed by atoms with Crippen molar-refractivity contribution in [2.75, 3.05) is 16.8 Å². The lowest BCUT2D eigenvalue weighted by molar-refractivity contribution is -0.116. The first kappa shape index (κ1) is 12.7. The molecule has 1 amide bonds. The molecule has 3 nitrogen and oxygen atoms in total. The lowest BCUT2D eigenvalue weighted by Gasteiger charge is -2.15. The Morgan fingerprint density at radius 2 is 2.00 bits per heavy atom. The van der Waals surface area contributed by atoms with E-state index in [0.29, 0.717) is 0 Å². The molecule has 0 saturated carbocycles. The van der Waals surface area contributed by atoms with Gasteiger partial charge in [-0.05, 0) is 35.7 Å². The summed E-state index contributed by atoms with van der Waals surface area (Å²) in [6.07, 6.45) is 0.940. The van der Waals surface area contributed by atoms with Crippen LogP contribution in [0.3, 0.4) is 0 Å². The summed E-state index contributed by atoms with van der Waals surface area (Å²) in [5, 5.41) is 3.43. The van der Waals surface area contributed by atoms with Crippen LogP contribution in [0.15, 0.2) is 48.5 Å². The van der Waals surface area contributed by atoms with E-state index >= 15 is 0 Å². The van der Waals surface area contributed by atoms with Gasteiger partial charge in [-0.3, -0.25) is 4.79 Å². The third kappa shape index (κ3) is 2.52. The van der Waals surface area contributed by atoms with Crippen molar-refractivity contribution in [3.8, 4) is 0 Å². The summed E-state index contributed by atoms with van der Waals surface area (Å²) in [5.74, 6) is 0.119. The van der Waals surface area contributed by atoms with Crippen LogP contribution in [-0.4, -0.2) is 12.5 Å². The van der Waals surface area contributed by atoms with Gasteiger partial charge in [0.05, 0.1) is 0 Å². The molecular weight excluding hydrogens is 248 g/mol. The molecule has 1 aliphatic rings. The third-order valence-electron chi connectivity index (χ3n) is 3.69.